The van der Waals surface area contributed by atoms with Crippen LogP contribution in [0.15, 0.2) is 18.2 Å². The largest absolute Gasteiger partial charge is 1.00 e. The maximum absolute atomic E-state index is 9.32. The molecule has 1 N–H and O–H groups in total. The van der Waals surface area contributed by atoms with Crippen LogP contribution in [0.5, 0.6) is 11.6 Å². The number of aryl methyl sites for hydroxylation is 3. The maximum Gasteiger partial charge on any atom is 1.00 e. The second kappa shape index (κ2) is 10.4. The first-order valence-corrected chi connectivity index (χ1v) is 9.35. The lowest BCUT2D eigenvalue weighted by atomic mass is 10.1. The van der Waals surface area contributed by atoms with Crippen LogP contribution in [0.3, 0.4) is 0 Å². The highest BCUT2D eigenvalue weighted by atomic mass is 35.5. The predicted molar refractivity (Wildman–Crippen MR) is 108 cm³/mol. The highest BCUT2D eigenvalue weighted by molar-refractivity contribution is 6.30. The number of hydrogen-bond donors (Lipinski definition) is 1. The van der Waals surface area contributed by atoms with E-state index in [9.17, 15) is 5.26 Å². The van der Waals surface area contributed by atoms with Gasteiger partial charge in [0.1, 0.15) is 5.75 Å². The number of aromatic nitrogens is 1. The van der Waals surface area contributed by atoms with Crippen LogP contribution in [0.4, 0.5) is 5.69 Å². The lowest BCUT2D eigenvalue weighted by molar-refractivity contribution is -0.00000639. The number of nitrogens with one attached hydrogen (secondary N) is 1. The summed E-state index contributed by atoms with van der Waals surface area (Å²) >= 11 is 6.12. The molecule has 0 saturated heterocycles. The Hall–Kier alpha value is -1.96. The standard InChI is InChI=1S/C21H26ClN3O.ClH/c1-6-17(7-2)25-19-12-15(5)24-21(18(19)8-9-23)26-20-13(3)10-16(22)11-14(20)4;/h10-12,17H,6-8H2,1-5H3,(H,24,25);1H. The maximum atomic E-state index is 9.32. The average molecular weight is 408 g/mol. The summed E-state index contributed by atoms with van der Waals surface area (Å²) in [6.45, 7) is 10.1. The van der Waals surface area contributed by atoms with Crippen molar-refractivity contribution >= 4 is 17.3 Å². The van der Waals surface area contributed by atoms with Crippen molar-refractivity contribution in [2.75, 3.05) is 5.32 Å². The van der Waals surface area contributed by atoms with E-state index in [4.69, 9.17) is 16.3 Å². The first kappa shape index (κ1) is 23.1. The van der Waals surface area contributed by atoms with Gasteiger partial charge in [0.05, 0.1) is 18.1 Å². The van der Waals surface area contributed by atoms with Crippen molar-refractivity contribution in [1.82, 2.24) is 4.98 Å². The number of rotatable bonds is 7. The molecule has 1 heterocycles. The van der Waals surface area contributed by atoms with E-state index in [0.717, 1.165) is 46.7 Å². The average Bonchev–Trinajstić information content (AvgIpc) is 2.58. The van der Waals surface area contributed by atoms with Crippen LogP contribution in [0.25, 0.3) is 0 Å². The molecule has 6 heteroatoms. The van der Waals surface area contributed by atoms with E-state index in [2.05, 4.69) is 30.2 Å². The van der Waals surface area contributed by atoms with E-state index < -0.39 is 0 Å². The summed E-state index contributed by atoms with van der Waals surface area (Å²) in [5.41, 5.74) is 4.44. The molecular weight excluding hydrogens is 381 g/mol. The van der Waals surface area contributed by atoms with Crippen molar-refractivity contribution in [3.05, 3.63) is 45.6 Å². The Labute approximate surface area is 174 Å². The molecule has 1 aromatic carbocycles. The third-order valence-electron chi connectivity index (χ3n) is 4.44. The molecule has 0 bridgehead atoms. The Morgan fingerprint density at radius 3 is 2.30 bits per heavy atom. The molecule has 4 nitrogen and oxygen atoms in total. The van der Waals surface area contributed by atoms with Gasteiger partial charge >= 0.3 is 1.43 Å². The summed E-state index contributed by atoms with van der Waals surface area (Å²) in [6.07, 6.45) is 2.25. The van der Waals surface area contributed by atoms with E-state index >= 15 is 0 Å². The van der Waals surface area contributed by atoms with Crippen molar-refractivity contribution in [3.63, 3.8) is 0 Å². The number of ether oxygens (including phenoxy) is 1. The lowest BCUT2D eigenvalue weighted by Gasteiger charge is -2.21. The molecule has 0 fully saturated rings. The van der Waals surface area contributed by atoms with Crippen LogP contribution < -0.4 is 22.5 Å². The van der Waals surface area contributed by atoms with Crippen molar-refractivity contribution in [2.45, 2.75) is 59.9 Å². The minimum atomic E-state index is 0. The van der Waals surface area contributed by atoms with E-state index in [1.165, 1.54) is 0 Å². The molecule has 2 rings (SSSR count). The molecule has 27 heavy (non-hydrogen) atoms. The number of nitrogens with zero attached hydrogens (tertiary/aromatic N) is 2. The number of hydrogen-bond acceptors (Lipinski definition) is 4. The van der Waals surface area contributed by atoms with Gasteiger partial charge in [-0.05, 0) is 62.9 Å². The lowest BCUT2D eigenvalue weighted by Crippen LogP contribution is -3.00. The summed E-state index contributed by atoms with van der Waals surface area (Å²) in [6, 6.07) is 8.31. The molecule has 0 radical (unpaired) electrons. The SMILES string of the molecule is CCC(CC)Nc1cc(C)nc(Oc2c(C)cc(Cl)cc2C)c1CC#N.[Cl-].[H+]. The second-order valence-corrected chi connectivity index (χ2v) is 6.99. The summed E-state index contributed by atoms with van der Waals surface area (Å²) < 4.78 is 6.19. The molecule has 0 aliphatic heterocycles. The molecule has 0 unspecified atom stereocenters. The zero-order chi connectivity index (χ0) is 19.3. The summed E-state index contributed by atoms with van der Waals surface area (Å²) in [5.74, 6) is 1.22. The second-order valence-electron chi connectivity index (χ2n) is 6.56. The molecular formula is C21H27Cl2N3O. The van der Waals surface area contributed by atoms with E-state index in [0.29, 0.717) is 16.9 Å². The van der Waals surface area contributed by atoms with E-state index in [1.807, 2.05) is 39.0 Å². The third kappa shape index (κ3) is 5.76. The summed E-state index contributed by atoms with van der Waals surface area (Å²) in [5, 5.41) is 13.5. The minimum Gasteiger partial charge on any atom is -1.00 e. The smallest absolute Gasteiger partial charge is 1.00 e. The molecule has 0 amide bonds. The van der Waals surface area contributed by atoms with Gasteiger partial charge in [-0.2, -0.15) is 5.26 Å². The van der Waals surface area contributed by atoms with Gasteiger partial charge in [-0.25, -0.2) is 4.98 Å². The topological polar surface area (TPSA) is 57.9 Å². The van der Waals surface area contributed by atoms with Gasteiger partial charge in [0.15, 0.2) is 0 Å². The number of pyridine rings is 1. The number of anilines is 1. The van der Waals surface area contributed by atoms with Crippen LogP contribution in [0, 0.1) is 32.1 Å². The van der Waals surface area contributed by atoms with Gasteiger partial charge in [0.25, 0.3) is 0 Å². The minimum absolute atomic E-state index is 0. The molecule has 0 saturated carbocycles. The van der Waals surface area contributed by atoms with Gasteiger partial charge in [-0.3, -0.25) is 0 Å². The fourth-order valence-electron chi connectivity index (χ4n) is 3.00. The Bertz CT molecular complexity index is 810. The fourth-order valence-corrected chi connectivity index (χ4v) is 3.33. The van der Waals surface area contributed by atoms with Crippen LogP contribution >= 0.6 is 11.6 Å². The quantitative estimate of drug-likeness (QED) is 0.764. The first-order valence-electron chi connectivity index (χ1n) is 8.98. The zero-order valence-electron chi connectivity index (χ0n) is 17.5. The summed E-state index contributed by atoms with van der Waals surface area (Å²) in [4.78, 5) is 4.56. The Balaban J connectivity index is 0.00000364. The molecule has 146 valence electrons. The van der Waals surface area contributed by atoms with E-state index in [1.54, 1.807) is 0 Å². The number of nitriles is 1. The highest BCUT2D eigenvalue weighted by Gasteiger charge is 2.17. The predicted octanol–water partition coefficient (Wildman–Crippen LogP) is 3.24. The molecule has 0 spiro atoms. The van der Waals surface area contributed by atoms with E-state index in [-0.39, 0.29) is 20.3 Å². The van der Waals surface area contributed by atoms with Crippen LogP contribution in [-0.2, 0) is 6.42 Å². The molecule has 0 aliphatic carbocycles. The zero-order valence-corrected chi connectivity index (χ0v) is 18.0. The Morgan fingerprint density at radius 2 is 1.78 bits per heavy atom. The van der Waals surface area contributed by atoms with Crippen LogP contribution in [-0.4, -0.2) is 11.0 Å². The first-order chi connectivity index (χ1) is 12.4. The van der Waals surface area contributed by atoms with Gasteiger partial charge in [-0.1, -0.05) is 25.4 Å². The van der Waals surface area contributed by atoms with Crippen LogP contribution in [0.2, 0.25) is 5.02 Å². The molecule has 0 aliphatic rings. The Morgan fingerprint density at radius 1 is 1.19 bits per heavy atom. The monoisotopic (exact) mass is 407 g/mol. The normalized spacial score (nSPS) is 10.3. The molecule has 0 atom stereocenters. The summed E-state index contributed by atoms with van der Waals surface area (Å²) in [7, 11) is 0. The van der Waals surface area contributed by atoms with Gasteiger partial charge < -0.3 is 22.5 Å². The van der Waals surface area contributed by atoms with Crippen molar-refractivity contribution < 1.29 is 18.6 Å². The van der Waals surface area contributed by atoms with Crippen molar-refractivity contribution in [3.8, 4) is 17.7 Å². The van der Waals surface area contributed by atoms with Crippen LogP contribution in [0.1, 0.15) is 50.5 Å². The highest BCUT2D eigenvalue weighted by Crippen LogP contribution is 2.35. The number of halogens is 2. The van der Waals surface area contributed by atoms with Crippen molar-refractivity contribution in [1.29, 1.82) is 5.26 Å². The number of benzene rings is 1. The molecule has 1 aromatic heterocycles. The molecule has 2 aromatic rings. The third-order valence-corrected chi connectivity index (χ3v) is 4.66. The fraction of sp³-hybridized carbons (Fsp3) is 0.429. The van der Waals surface area contributed by atoms with Gasteiger partial charge in [0.2, 0.25) is 5.88 Å². The van der Waals surface area contributed by atoms with Crippen molar-refractivity contribution in [2.24, 2.45) is 0 Å². The Kier molecular flexibility index (Phi) is 8.88. The van der Waals surface area contributed by atoms with Gasteiger partial charge in [-0.15, -0.1) is 0 Å². The van der Waals surface area contributed by atoms with Gasteiger partial charge in [0, 0.05) is 22.4 Å².